The smallest absolute Gasteiger partial charge is 0.257 e. The van der Waals surface area contributed by atoms with Crippen LogP contribution in [0.4, 0.5) is 0 Å². The molecule has 1 aliphatic rings. The predicted octanol–water partition coefficient (Wildman–Crippen LogP) is 3.53. The van der Waals surface area contributed by atoms with Gasteiger partial charge in [-0.25, -0.2) is 0 Å². The fourth-order valence-electron chi connectivity index (χ4n) is 2.24. The fourth-order valence-corrected chi connectivity index (χ4v) is 2.51. The first-order chi connectivity index (χ1) is 9.72. The van der Waals surface area contributed by atoms with E-state index >= 15 is 0 Å². The second kappa shape index (κ2) is 5.67. The van der Waals surface area contributed by atoms with E-state index < -0.39 is 0 Å². The van der Waals surface area contributed by atoms with Crippen LogP contribution in [0.15, 0.2) is 53.0 Å². The summed E-state index contributed by atoms with van der Waals surface area (Å²) >= 11 is 3.42. The van der Waals surface area contributed by atoms with Crippen molar-refractivity contribution in [3.05, 3.63) is 64.1 Å². The lowest BCUT2D eigenvalue weighted by atomic mass is 10.1. The first-order valence-corrected chi connectivity index (χ1v) is 7.33. The maximum absolute atomic E-state index is 12.0. The number of fused-ring (bicyclic) bond motifs is 1. The number of hydrogen-bond acceptors (Lipinski definition) is 2. The molecule has 102 valence electrons. The van der Waals surface area contributed by atoms with Crippen LogP contribution in [-0.2, 0) is 6.42 Å². The molecule has 3 rings (SSSR count). The minimum absolute atomic E-state index is 0.0624. The largest absolute Gasteiger partial charge is 0.470 e. The molecule has 2 aromatic carbocycles. The van der Waals surface area contributed by atoms with E-state index in [2.05, 4.69) is 33.4 Å². The summed E-state index contributed by atoms with van der Waals surface area (Å²) in [5.41, 5.74) is 1.83. The van der Waals surface area contributed by atoms with E-state index in [1.165, 1.54) is 5.56 Å². The highest BCUT2D eigenvalue weighted by molar-refractivity contribution is 9.10. The lowest BCUT2D eigenvalue weighted by molar-refractivity contribution is 0.0741. The van der Waals surface area contributed by atoms with Gasteiger partial charge in [-0.15, -0.1) is 0 Å². The zero-order valence-electron chi connectivity index (χ0n) is 10.8. The zero-order chi connectivity index (χ0) is 13.9. The molecule has 1 atom stereocenters. The van der Waals surface area contributed by atoms with Crippen molar-refractivity contribution in [2.45, 2.75) is 19.1 Å². The molecular weight excluding hydrogens is 318 g/mol. The molecule has 0 aromatic heterocycles. The van der Waals surface area contributed by atoms with Gasteiger partial charge in [-0.3, -0.25) is 4.79 Å². The van der Waals surface area contributed by atoms with Crippen molar-refractivity contribution in [3.8, 4) is 5.75 Å². The summed E-state index contributed by atoms with van der Waals surface area (Å²) in [4.78, 5) is 12.0. The highest BCUT2D eigenvalue weighted by atomic mass is 79.9. The van der Waals surface area contributed by atoms with Crippen LogP contribution in [0.3, 0.4) is 0 Å². The molecule has 1 N–H and O–H groups in total. The quantitative estimate of drug-likeness (QED) is 0.934. The first kappa shape index (κ1) is 13.2. The fraction of sp³-hybridized carbons (Fsp3) is 0.188. The van der Waals surface area contributed by atoms with E-state index in [1.54, 1.807) is 6.07 Å². The number of rotatable bonds is 3. The number of ether oxygens (including phenoxy) is 1. The predicted molar refractivity (Wildman–Crippen MR) is 80.8 cm³/mol. The molecule has 0 bridgehead atoms. The van der Waals surface area contributed by atoms with E-state index in [0.717, 1.165) is 17.3 Å². The number of para-hydroxylation sites is 1. The molecule has 0 fully saturated rings. The second-order valence-electron chi connectivity index (χ2n) is 4.74. The average molecular weight is 332 g/mol. The number of carbonyl (C=O) groups excluding carboxylic acids is 1. The number of benzene rings is 2. The molecule has 0 radical (unpaired) electrons. The Bertz CT molecular complexity index is 625. The standard InChI is InChI=1S/C16H14BrNO2/c17-12-8-5-11(6-9-12)7-10-15-18-16(19)13-3-1-2-4-14(13)20-15/h1-6,8-9,15H,7,10H2,(H,18,19). The van der Waals surface area contributed by atoms with Gasteiger partial charge in [0.25, 0.3) is 5.91 Å². The molecule has 1 heterocycles. The summed E-state index contributed by atoms with van der Waals surface area (Å²) < 4.78 is 6.87. The Labute approximate surface area is 126 Å². The van der Waals surface area contributed by atoms with Crippen LogP contribution in [0.2, 0.25) is 0 Å². The van der Waals surface area contributed by atoms with Crippen LogP contribution >= 0.6 is 15.9 Å². The molecule has 3 nitrogen and oxygen atoms in total. The molecular formula is C16H14BrNO2. The van der Waals surface area contributed by atoms with E-state index in [0.29, 0.717) is 11.3 Å². The maximum atomic E-state index is 12.0. The summed E-state index contributed by atoms with van der Waals surface area (Å²) in [5.74, 6) is 0.602. The van der Waals surface area contributed by atoms with E-state index in [-0.39, 0.29) is 12.1 Å². The average Bonchev–Trinajstić information content (AvgIpc) is 2.47. The van der Waals surface area contributed by atoms with Crippen molar-refractivity contribution in [1.29, 1.82) is 0 Å². The van der Waals surface area contributed by atoms with Gasteiger partial charge in [-0.2, -0.15) is 0 Å². The summed E-state index contributed by atoms with van der Waals surface area (Å²) in [5, 5.41) is 2.88. The van der Waals surface area contributed by atoms with Crippen LogP contribution in [0.1, 0.15) is 22.3 Å². The molecule has 0 saturated carbocycles. The van der Waals surface area contributed by atoms with E-state index in [1.807, 2.05) is 30.3 Å². The van der Waals surface area contributed by atoms with Crippen LogP contribution in [0.25, 0.3) is 0 Å². The van der Waals surface area contributed by atoms with Crippen LogP contribution in [0, 0.1) is 0 Å². The Morgan fingerprint density at radius 3 is 2.65 bits per heavy atom. The van der Waals surface area contributed by atoms with Crippen LogP contribution in [0.5, 0.6) is 5.75 Å². The number of halogens is 1. The monoisotopic (exact) mass is 331 g/mol. The Balaban J connectivity index is 1.65. The molecule has 1 aliphatic heterocycles. The minimum atomic E-state index is -0.263. The Morgan fingerprint density at radius 2 is 1.85 bits per heavy atom. The van der Waals surface area contributed by atoms with Crippen molar-refractivity contribution < 1.29 is 9.53 Å². The Kier molecular flexibility index (Phi) is 3.74. The summed E-state index contributed by atoms with van der Waals surface area (Å²) in [6, 6.07) is 15.5. The molecule has 20 heavy (non-hydrogen) atoms. The van der Waals surface area contributed by atoms with Gasteiger partial charge in [0.15, 0.2) is 6.23 Å². The zero-order valence-corrected chi connectivity index (χ0v) is 12.4. The first-order valence-electron chi connectivity index (χ1n) is 6.53. The molecule has 1 unspecified atom stereocenters. The summed E-state index contributed by atoms with van der Waals surface area (Å²) in [7, 11) is 0. The molecule has 0 spiro atoms. The summed E-state index contributed by atoms with van der Waals surface area (Å²) in [6.45, 7) is 0. The van der Waals surface area contributed by atoms with E-state index in [9.17, 15) is 4.79 Å². The lowest BCUT2D eigenvalue weighted by Crippen LogP contribution is -2.43. The highest BCUT2D eigenvalue weighted by Gasteiger charge is 2.24. The van der Waals surface area contributed by atoms with Gasteiger partial charge in [-0.1, -0.05) is 40.2 Å². The van der Waals surface area contributed by atoms with Crippen molar-refractivity contribution in [3.63, 3.8) is 0 Å². The molecule has 1 amide bonds. The minimum Gasteiger partial charge on any atom is -0.470 e. The van der Waals surface area contributed by atoms with Gasteiger partial charge in [0, 0.05) is 10.9 Å². The number of aryl methyl sites for hydroxylation is 1. The highest BCUT2D eigenvalue weighted by Crippen LogP contribution is 2.24. The molecule has 4 heteroatoms. The van der Waals surface area contributed by atoms with Gasteiger partial charge >= 0.3 is 0 Å². The van der Waals surface area contributed by atoms with Crippen molar-refractivity contribution in [2.24, 2.45) is 0 Å². The molecule has 0 saturated heterocycles. The van der Waals surface area contributed by atoms with Gasteiger partial charge < -0.3 is 10.1 Å². The number of amides is 1. The number of carbonyl (C=O) groups is 1. The maximum Gasteiger partial charge on any atom is 0.257 e. The van der Waals surface area contributed by atoms with Crippen molar-refractivity contribution in [2.75, 3.05) is 0 Å². The van der Waals surface area contributed by atoms with E-state index in [4.69, 9.17) is 4.74 Å². The topological polar surface area (TPSA) is 38.3 Å². The number of hydrogen-bond donors (Lipinski definition) is 1. The van der Waals surface area contributed by atoms with Gasteiger partial charge in [0.2, 0.25) is 0 Å². The SMILES string of the molecule is O=C1NC(CCc2ccc(Br)cc2)Oc2ccccc21. The molecule has 2 aromatic rings. The Morgan fingerprint density at radius 1 is 1.10 bits per heavy atom. The van der Waals surface area contributed by atoms with Crippen LogP contribution in [-0.4, -0.2) is 12.1 Å². The van der Waals surface area contributed by atoms with Crippen LogP contribution < -0.4 is 10.1 Å². The third kappa shape index (κ3) is 2.85. The van der Waals surface area contributed by atoms with Crippen molar-refractivity contribution >= 4 is 21.8 Å². The van der Waals surface area contributed by atoms with Crippen molar-refractivity contribution in [1.82, 2.24) is 5.32 Å². The van der Waals surface area contributed by atoms with Gasteiger partial charge in [0.1, 0.15) is 5.75 Å². The molecule has 0 aliphatic carbocycles. The van der Waals surface area contributed by atoms with Gasteiger partial charge in [0.05, 0.1) is 5.56 Å². The lowest BCUT2D eigenvalue weighted by Gasteiger charge is -2.26. The Hall–Kier alpha value is -1.81. The third-order valence-corrected chi connectivity index (χ3v) is 3.83. The third-order valence-electron chi connectivity index (χ3n) is 3.30. The summed E-state index contributed by atoms with van der Waals surface area (Å²) in [6.07, 6.45) is 1.35. The second-order valence-corrected chi connectivity index (χ2v) is 5.66. The number of nitrogens with one attached hydrogen (secondary N) is 1. The van der Waals surface area contributed by atoms with Gasteiger partial charge in [-0.05, 0) is 36.2 Å². The normalized spacial score (nSPS) is 17.1.